The number of rotatable bonds is 5. The van der Waals surface area contributed by atoms with Gasteiger partial charge in [-0.3, -0.25) is 4.79 Å². The summed E-state index contributed by atoms with van der Waals surface area (Å²) in [7, 11) is 0. The highest BCUT2D eigenvalue weighted by Crippen LogP contribution is 2.23. The van der Waals surface area contributed by atoms with Gasteiger partial charge in [-0.15, -0.1) is 5.10 Å². The Morgan fingerprint density at radius 1 is 1.12 bits per heavy atom. The van der Waals surface area contributed by atoms with Gasteiger partial charge < -0.3 is 5.32 Å². The first-order chi connectivity index (χ1) is 11.6. The monoisotopic (exact) mass is 378 g/mol. The lowest BCUT2D eigenvalue weighted by Gasteiger charge is -2.05. The van der Waals surface area contributed by atoms with Crippen LogP contribution in [0.5, 0.6) is 0 Å². The normalized spacial score (nSPS) is 10.6. The fraction of sp³-hybridized carbons (Fsp3) is 0.0625. The van der Waals surface area contributed by atoms with Gasteiger partial charge in [-0.25, -0.2) is 9.67 Å². The van der Waals surface area contributed by atoms with Gasteiger partial charge in [-0.05, 0) is 30.3 Å². The van der Waals surface area contributed by atoms with Crippen LogP contribution in [0, 0.1) is 0 Å². The number of anilines is 1. The molecule has 0 aliphatic carbocycles. The lowest BCUT2D eigenvalue weighted by Crippen LogP contribution is -2.14. The summed E-state index contributed by atoms with van der Waals surface area (Å²) in [6.45, 7) is 0. The number of aromatic nitrogens is 3. The number of amides is 1. The van der Waals surface area contributed by atoms with Crippen LogP contribution >= 0.6 is 35.0 Å². The lowest BCUT2D eigenvalue weighted by molar-refractivity contribution is -0.113. The molecule has 5 nitrogen and oxygen atoms in total. The highest BCUT2D eigenvalue weighted by Gasteiger charge is 2.08. The third-order valence-corrected chi connectivity index (χ3v) is 4.26. The van der Waals surface area contributed by atoms with Crippen LogP contribution in [0.15, 0.2) is 60.0 Å². The number of nitrogens with one attached hydrogen (secondary N) is 1. The van der Waals surface area contributed by atoms with E-state index < -0.39 is 0 Å². The second-order valence-electron chi connectivity index (χ2n) is 4.80. The fourth-order valence-corrected chi connectivity index (χ4v) is 3.10. The van der Waals surface area contributed by atoms with Gasteiger partial charge in [0.1, 0.15) is 6.33 Å². The van der Waals surface area contributed by atoms with Gasteiger partial charge in [0.25, 0.3) is 0 Å². The van der Waals surface area contributed by atoms with Crippen molar-refractivity contribution in [1.29, 1.82) is 0 Å². The van der Waals surface area contributed by atoms with Gasteiger partial charge in [-0.2, -0.15) is 0 Å². The zero-order valence-electron chi connectivity index (χ0n) is 12.3. The van der Waals surface area contributed by atoms with Gasteiger partial charge in [0.2, 0.25) is 11.1 Å². The number of hydrogen-bond donors (Lipinski definition) is 1. The van der Waals surface area contributed by atoms with Gasteiger partial charge in [-0.1, -0.05) is 53.2 Å². The van der Waals surface area contributed by atoms with Crippen molar-refractivity contribution < 1.29 is 4.79 Å². The Morgan fingerprint density at radius 3 is 2.54 bits per heavy atom. The standard InChI is InChI=1S/C16H12Cl2N4OS/c17-11-6-12(18)8-13(7-11)20-15(23)9-24-16-19-10-22(21-16)14-4-2-1-3-5-14/h1-8,10H,9H2,(H,20,23). The van der Waals surface area contributed by atoms with Crippen LogP contribution in [0.2, 0.25) is 10.0 Å². The van der Waals surface area contributed by atoms with Crippen LogP contribution < -0.4 is 5.32 Å². The first-order valence-electron chi connectivity index (χ1n) is 6.96. The topological polar surface area (TPSA) is 59.8 Å². The molecule has 0 unspecified atom stereocenters. The summed E-state index contributed by atoms with van der Waals surface area (Å²) in [4.78, 5) is 16.2. The van der Waals surface area contributed by atoms with Gasteiger partial charge in [0.05, 0.1) is 11.4 Å². The maximum atomic E-state index is 12.0. The van der Waals surface area contributed by atoms with Crippen LogP contribution in [-0.2, 0) is 4.79 Å². The summed E-state index contributed by atoms with van der Waals surface area (Å²) in [6, 6.07) is 14.5. The van der Waals surface area contributed by atoms with E-state index in [4.69, 9.17) is 23.2 Å². The molecule has 0 aliphatic heterocycles. The summed E-state index contributed by atoms with van der Waals surface area (Å²) in [5.41, 5.74) is 1.47. The van der Waals surface area contributed by atoms with E-state index >= 15 is 0 Å². The van der Waals surface area contributed by atoms with Crippen LogP contribution in [0.3, 0.4) is 0 Å². The van der Waals surface area contributed by atoms with Crippen LogP contribution in [0.4, 0.5) is 5.69 Å². The number of para-hydroxylation sites is 1. The van der Waals surface area contributed by atoms with E-state index in [1.54, 1.807) is 29.2 Å². The van der Waals surface area contributed by atoms with E-state index in [9.17, 15) is 4.79 Å². The van der Waals surface area contributed by atoms with Crippen molar-refractivity contribution >= 4 is 46.6 Å². The minimum atomic E-state index is -0.186. The van der Waals surface area contributed by atoms with Crippen molar-refractivity contribution in [3.63, 3.8) is 0 Å². The summed E-state index contributed by atoms with van der Waals surface area (Å²) in [6.07, 6.45) is 1.62. The number of nitrogens with zero attached hydrogens (tertiary/aromatic N) is 3. The molecule has 1 heterocycles. The summed E-state index contributed by atoms with van der Waals surface area (Å²) >= 11 is 13.1. The van der Waals surface area contributed by atoms with Crippen molar-refractivity contribution in [2.75, 3.05) is 11.1 Å². The maximum Gasteiger partial charge on any atom is 0.234 e. The molecule has 1 amide bonds. The average molecular weight is 379 g/mol. The molecule has 24 heavy (non-hydrogen) atoms. The number of benzene rings is 2. The zero-order chi connectivity index (χ0) is 16.9. The molecule has 8 heteroatoms. The van der Waals surface area contributed by atoms with E-state index in [1.807, 2.05) is 30.3 Å². The second kappa shape index (κ2) is 7.70. The predicted octanol–water partition coefficient (Wildman–Crippen LogP) is 4.30. The first kappa shape index (κ1) is 16.8. The average Bonchev–Trinajstić information content (AvgIpc) is 3.02. The molecule has 122 valence electrons. The molecular formula is C16H12Cl2N4OS. The van der Waals surface area contributed by atoms with Crippen LogP contribution in [0.1, 0.15) is 0 Å². The quantitative estimate of drug-likeness (QED) is 0.672. The molecule has 0 saturated carbocycles. The van der Waals surface area contributed by atoms with Gasteiger partial charge >= 0.3 is 0 Å². The van der Waals surface area contributed by atoms with Crippen molar-refractivity contribution in [1.82, 2.24) is 14.8 Å². The van der Waals surface area contributed by atoms with E-state index in [1.165, 1.54) is 11.8 Å². The van der Waals surface area contributed by atoms with Crippen molar-refractivity contribution in [3.8, 4) is 5.69 Å². The molecule has 2 aromatic carbocycles. The smallest absolute Gasteiger partial charge is 0.234 e. The zero-order valence-corrected chi connectivity index (χ0v) is 14.6. The molecule has 1 N–H and O–H groups in total. The Morgan fingerprint density at radius 2 is 1.83 bits per heavy atom. The molecule has 1 aromatic heterocycles. The Hall–Kier alpha value is -2.02. The second-order valence-corrected chi connectivity index (χ2v) is 6.62. The van der Waals surface area contributed by atoms with Crippen molar-refractivity contribution in [3.05, 3.63) is 64.9 Å². The summed E-state index contributed by atoms with van der Waals surface area (Å²) in [5.74, 6) is -0.00228. The third-order valence-electron chi connectivity index (χ3n) is 2.97. The Kier molecular flexibility index (Phi) is 5.40. The first-order valence-corrected chi connectivity index (χ1v) is 8.70. The van der Waals surface area contributed by atoms with Crippen molar-refractivity contribution in [2.45, 2.75) is 5.16 Å². The van der Waals surface area contributed by atoms with E-state index in [0.29, 0.717) is 20.9 Å². The number of carbonyl (C=O) groups is 1. The molecule has 0 atom stereocenters. The molecule has 3 aromatic rings. The molecule has 0 spiro atoms. The van der Waals surface area contributed by atoms with E-state index in [0.717, 1.165) is 5.69 Å². The van der Waals surface area contributed by atoms with Crippen LogP contribution in [0.25, 0.3) is 5.69 Å². The SMILES string of the molecule is O=C(CSc1ncn(-c2ccccc2)n1)Nc1cc(Cl)cc(Cl)c1. The van der Waals surface area contributed by atoms with Gasteiger partial charge in [0, 0.05) is 15.7 Å². The number of carbonyl (C=O) groups excluding carboxylic acids is 1. The molecule has 0 fully saturated rings. The Balaban J connectivity index is 1.58. The Bertz CT molecular complexity index is 834. The Labute approximate surface area is 153 Å². The molecular weight excluding hydrogens is 367 g/mol. The lowest BCUT2D eigenvalue weighted by atomic mass is 10.3. The van der Waals surface area contributed by atoms with Crippen LogP contribution in [-0.4, -0.2) is 26.4 Å². The molecule has 0 aliphatic rings. The largest absolute Gasteiger partial charge is 0.325 e. The summed E-state index contributed by atoms with van der Waals surface area (Å²) in [5, 5.41) is 8.53. The number of thioether (sulfide) groups is 1. The molecule has 3 rings (SSSR count). The van der Waals surface area contributed by atoms with E-state index in [2.05, 4.69) is 15.4 Å². The fourth-order valence-electron chi connectivity index (χ4n) is 1.97. The summed E-state index contributed by atoms with van der Waals surface area (Å²) < 4.78 is 1.66. The van der Waals surface area contributed by atoms with Crippen molar-refractivity contribution in [2.24, 2.45) is 0 Å². The number of hydrogen-bond acceptors (Lipinski definition) is 4. The highest BCUT2D eigenvalue weighted by molar-refractivity contribution is 7.99. The molecule has 0 saturated heterocycles. The molecule has 0 bridgehead atoms. The maximum absolute atomic E-state index is 12.0. The third kappa shape index (κ3) is 4.50. The predicted molar refractivity (Wildman–Crippen MR) is 97.2 cm³/mol. The van der Waals surface area contributed by atoms with Gasteiger partial charge in [0.15, 0.2) is 0 Å². The minimum absolute atomic E-state index is 0.183. The highest BCUT2D eigenvalue weighted by atomic mass is 35.5. The minimum Gasteiger partial charge on any atom is -0.325 e. The molecule has 0 radical (unpaired) electrons. The van der Waals surface area contributed by atoms with E-state index in [-0.39, 0.29) is 11.7 Å². The number of halogens is 2.